The average Bonchev–Trinajstić information content (AvgIpc) is 2.58. The molecule has 162 valence electrons. The minimum Gasteiger partial charge on any atom is -0.357 e. The van der Waals surface area contributed by atoms with Crippen molar-refractivity contribution in [3.05, 3.63) is 0 Å². The van der Waals surface area contributed by atoms with Crippen molar-refractivity contribution in [1.82, 2.24) is 19.8 Å². The molecule has 2 N–H and O–H groups in total. The summed E-state index contributed by atoms with van der Waals surface area (Å²) in [5.41, 5.74) is 0. The van der Waals surface area contributed by atoms with E-state index in [1.54, 1.807) is 0 Å². The first kappa shape index (κ1) is 26.9. The van der Waals surface area contributed by atoms with Crippen molar-refractivity contribution in [2.45, 2.75) is 46.5 Å². The fraction of sp³-hybridized carbons (Fsp3) is 0.944. The fourth-order valence-electron chi connectivity index (χ4n) is 3.13. The normalized spacial score (nSPS) is 17.0. The topological polar surface area (TPSA) is 77.0 Å². The maximum absolute atomic E-state index is 11.6. The molecule has 0 bridgehead atoms. The molecule has 0 aromatic rings. The van der Waals surface area contributed by atoms with E-state index in [-0.39, 0.29) is 24.0 Å². The van der Waals surface area contributed by atoms with Crippen LogP contribution in [-0.4, -0.2) is 82.2 Å². The Balaban J connectivity index is 0.00000676. The third-order valence-corrected chi connectivity index (χ3v) is 6.20. The monoisotopic (exact) mass is 517 g/mol. The number of hydrogen-bond donors (Lipinski definition) is 2. The molecule has 27 heavy (non-hydrogen) atoms. The number of nitrogens with zero attached hydrogens (tertiary/aromatic N) is 3. The van der Waals surface area contributed by atoms with E-state index in [2.05, 4.69) is 34.4 Å². The van der Waals surface area contributed by atoms with Crippen molar-refractivity contribution >= 4 is 40.0 Å². The van der Waals surface area contributed by atoms with Crippen LogP contribution in [0.15, 0.2) is 4.99 Å². The van der Waals surface area contributed by atoms with Crippen molar-refractivity contribution in [3.63, 3.8) is 0 Å². The number of hydrogen-bond acceptors (Lipinski definition) is 4. The van der Waals surface area contributed by atoms with Crippen LogP contribution in [0.2, 0.25) is 0 Å². The molecule has 1 fully saturated rings. The lowest BCUT2D eigenvalue weighted by molar-refractivity contribution is 0.191. The summed E-state index contributed by atoms with van der Waals surface area (Å²) in [4.78, 5) is 7.11. The van der Waals surface area contributed by atoms with E-state index in [0.29, 0.717) is 19.6 Å². The minimum absolute atomic E-state index is 0. The van der Waals surface area contributed by atoms with Gasteiger partial charge in [-0.05, 0) is 58.2 Å². The molecule has 0 amide bonds. The molecule has 1 rings (SSSR count). The molecule has 0 aromatic carbocycles. The molecular formula is C18H40IN5O2S. The summed E-state index contributed by atoms with van der Waals surface area (Å²) in [6.07, 6.45) is 5.73. The van der Waals surface area contributed by atoms with E-state index < -0.39 is 10.0 Å². The van der Waals surface area contributed by atoms with Crippen LogP contribution in [0.25, 0.3) is 0 Å². The summed E-state index contributed by atoms with van der Waals surface area (Å²) in [7, 11) is -3.11. The zero-order chi connectivity index (χ0) is 19.4. The molecule has 0 spiro atoms. The van der Waals surface area contributed by atoms with Gasteiger partial charge in [-0.15, -0.1) is 24.0 Å². The number of halogens is 1. The van der Waals surface area contributed by atoms with E-state index in [9.17, 15) is 8.42 Å². The van der Waals surface area contributed by atoms with Gasteiger partial charge in [-0.2, -0.15) is 0 Å². The van der Waals surface area contributed by atoms with Crippen molar-refractivity contribution < 1.29 is 8.42 Å². The van der Waals surface area contributed by atoms with Crippen LogP contribution >= 0.6 is 24.0 Å². The second kappa shape index (κ2) is 14.8. The van der Waals surface area contributed by atoms with Gasteiger partial charge in [0.15, 0.2) is 5.96 Å². The van der Waals surface area contributed by atoms with Gasteiger partial charge in [-0.25, -0.2) is 12.7 Å². The predicted molar refractivity (Wildman–Crippen MR) is 126 cm³/mol. The number of rotatable bonds is 11. The number of nitrogens with one attached hydrogen (secondary N) is 2. The lowest BCUT2D eigenvalue weighted by Crippen LogP contribution is -2.40. The Morgan fingerprint density at radius 2 is 1.85 bits per heavy atom. The Kier molecular flexibility index (Phi) is 14.7. The van der Waals surface area contributed by atoms with Crippen LogP contribution in [-0.2, 0) is 10.0 Å². The van der Waals surface area contributed by atoms with Gasteiger partial charge in [0, 0.05) is 32.7 Å². The van der Waals surface area contributed by atoms with Crippen molar-refractivity contribution in [2.24, 2.45) is 10.9 Å². The van der Waals surface area contributed by atoms with Crippen molar-refractivity contribution in [1.29, 1.82) is 0 Å². The smallest absolute Gasteiger partial charge is 0.211 e. The highest BCUT2D eigenvalue weighted by molar-refractivity contribution is 14.0. The number of sulfonamides is 1. The van der Waals surface area contributed by atoms with Gasteiger partial charge in [0.1, 0.15) is 0 Å². The van der Waals surface area contributed by atoms with Gasteiger partial charge in [-0.3, -0.25) is 4.99 Å². The molecule has 1 saturated heterocycles. The first-order chi connectivity index (χ1) is 12.4. The third kappa shape index (κ3) is 12.1. The molecule has 0 aromatic heterocycles. The van der Waals surface area contributed by atoms with E-state index >= 15 is 0 Å². The Hall–Kier alpha value is -0.130. The molecule has 0 radical (unpaired) electrons. The van der Waals surface area contributed by atoms with Crippen molar-refractivity contribution in [2.75, 3.05) is 58.6 Å². The van der Waals surface area contributed by atoms with Crippen LogP contribution in [0, 0.1) is 5.92 Å². The first-order valence-corrected chi connectivity index (χ1v) is 11.9. The van der Waals surface area contributed by atoms with Crippen LogP contribution in [0.4, 0.5) is 0 Å². The minimum atomic E-state index is -3.11. The van der Waals surface area contributed by atoms with Crippen LogP contribution in [0.3, 0.4) is 0 Å². The zero-order valence-corrected chi connectivity index (χ0v) is 20.7. The maximum atomic E-state index is 11.6. The molecule has 0 atom stereocenters. The summed E-state index contributed by atoms with van der Waals surface area (Å²) in [6, 6.07) is 0. The van der Waals surface area contributed by atoms with Crippen molar-refractivity contribution in [3.8, 4) is 0 Å². The van der Waals surface area contributed by atoms with Crippen LogP contribution < -0.4 is 10.6 Å². The molecule has 0 aliphatic carbocycles. The molecule has 9 heteroatoms. The fourth-order valence-corrected chi connectivity index (χ4v) is 4.06. The van der Waals surface area contributed by atoms with Gasteiger partial charge in [-0.1, -0.05) is 13.8 Å². The number of guanidine groups is 1. The highest BCUT2D eigenvalue weighted by Crippen LogP contribution is 2.15. The lowest BCUT2D eigenvalue weighted by atomic mass is 9.99. The Bertz CT molecular complexity index is 508. The summed E-state index contributed by atoms with van der Waals surface area (Å²) >= 11 is 0. The highest BCUT2D eigenvalue weighted by Gasteiger charge is 2.15. The van der Waals surface area contributed by atoms with E-state index in [0.717, 1.165) is 44.4 Å². The molecule has 7 nitrogen and oxygen atoms in total. The second-order valence-corrected chi connectivity index (χ2v) is 9.16. The van der Waals surface area contributed by atoms with Gasteiger partial charge in [0.2, 0.25) is 10.0 Å². The highest BCUT2D eigenvalue weighted by atomic mass is 127. The van der Waals surface area contributed by atoms with Gasteiger partial charge in [0.25, 0.3) is 0 Å². The van der Waals surface area contributed by atoms with E-state index in [1.807, 2.05) is 6.92 Å². The van der Waals surface area contributed by atoms with Gasteiger partial charge < -0.3 is 15.5 Å². The summed E-state index contributed by atoms with van der Waals surface area (Å²) in [6.45, 7) is 13.2. The molecule has 0 saturated carbocycles. The lowest BCUT2D eigenvalue weighted by Gasteiger charge is -2.30. The van der Waals surface area contributed by atoms with Crippen LogP contribution in [0.1, 0.15) is 46.5 Å². The number of piperidine rings is 1. The molecular weight excluding hydrogens is 477 g/mol. The molecule has 1 heterocycles. The Labute approximate surface area is 183 Å². The van der Waals surface area contributed by atoms with E-state index in [4.69, 9.17) is 0 Å². The van der Waals surface area contributed by atoms with Gasteiger partial charge >= 0.3 is 0 Å². The second-order valence-electron chi connectivity index (χ2n) is 7.17. The largest absolute Gasteiger partial charge is 0.357 e. The average molecular weight is 518 g/mol. The Morgan fingerprint density at radius 3 is 2.41 bits per heavy atom. The summed E-state index contributed by atoms with van der Waals surface area (Å²) in [5.74, 6) is 1.70. The number of aliphatic imine (C=N–C) groups is 1. The zero-order valence-electron chi connectivity index (χ0n) is 17.5. The van der Waals surface area contributed by atoms with Crippen LogP contribution in [0.5, 0.6) is 0 Å². The predicted octanol–water partition coefficient (Wildman–Crippen LogP) is 1.95. The van der Waals surface area contributed by atoms with E-state index in [1.165, 1.54) is 36.5 Å². The molecule has 1 aliphatic rings. The summed E-state index contributed by atoms with van der Waals surface area (Å²) < 4.78 is 24.6. The summed E-state index contributed by atoms with van der Waals surface area (Å²) in [5, 5.41) is 6.63. The number of likely N-dealkylation sites (tertiary alicyclic amines) is 1. The standard InChI is InChI=1S/C18H39N5O2S.HI/c1-5-19-18(21-12-8-14-23(6-2)26(4,24)25)20-11-7-13-22-15-9-17(3)10-16-22;/h17H,5-16H2,1-4H3,(H2,19,20,21);1H. The van der Waals surface area contributed by atoms with Gasteiger partial charge in [0.05, 0.1) is 6.26 Å². The quantitative estimate of drug-likeness (QED) is 0.190. The maximum Gasteiger partial charge on any atom is 0.211 e. The first-order valence-electron chi connectivity index (χ1n) is 10.1. The molecule has 1 aliphatic heterocycles. The third-order valence-electron chi connectivity index (χ3n) is 4.82. The Morgan fingerprint density at radius 1 is 1.19 bits per heavy atom. The molecule has 0 unspecified atom stereocenters. The SMILES string of the molecule is CCNC(=NCCCN(CC)S(C)(=O)=O)NCCCN1CCC(C)CC1.I.